The lowest BCUT2D eigenvalue weighted by atomic mass is 9.94. The van der Waals surface area contributed by atoms with E-state index in [4.69, 9.17) is 0 Å². The first-order valence-corrected chi connectivity index (χ1v) is 6.99. The van der Waals surface area contributed by atoms with Gasteiger partial charge < -0.3 is 5.32 Å². The summed E-state index contributed by atoms with van der Waals surface area (Å²) in [5.74, 6) is -0.324. The van der Waals surface area contributed by atoms with E-state index in [9.17, 15) is 9.18 Å². The summed E-state index contributed by atoms with van der Waals surface area (Å²) in [6.45, 7) is 5.83. The van der Waals surface area contributed by atoms with Gasteiger partial charge in [0.2, 0.25) is 5.91 Å². The van der Waals surface area contributed by atoms with Crippen molar-refractivity contribution in [2.24, 2.45) is 0 Å². The maximum atomic E-state index is 13.0. The summed E-state index contributed by atoms with van der Waals surface area (Å²) in [7, 11) is 0. The number of benzene rings is 2. The molecular weight excluding hydrogens is 265 g/mol. The van der Waals surface area contributed by atoms with Crippen molar-refractivity contribution in [3.63, 3.8) is 0 Å². The normalized spacial score (nSPS) is 11.2. The molecule has 110 valence electrons. The van der Waals surface area contributed by atoms with Crippen molar-refractivity contribution in [3.8, 4) is 0 Å². The van der Waals surface area contributed by atoms with Gasteiger partial charge in [0.1, 0.15) is 5.82 Å². The summed E-state index contributed by atoms with van der Waals surface area (Å²) in [5, 5.41) is 3.00. The number of rotatable bonds is 4. The fraction of sp³-hybridized carbons (Fsp3) is 0.278. The molecule has 0 aliphatic carbocycles. The smallest absolute Gasteiger partial charge is 0.225 e. The lowest BCUT2D eigenvalue weighted by Crippen LogP contribution is -2.41. The lowest BCUT2D eigenvalue weighted by Gasteiger charge is -2.27. The van der Waals surface area contributed by atoms with Crippen LogP contribution in [0.2, 0.25) is 0 Å². The molecular formula is C18H20FNO. The Hall–Kier alpha value is -2.16. The third-order valence-corrected chi connectivity index (χ3v) is 3.46. The second-order valence-electron chi connectivity index (χ2n) is 5.85. The highest BCUT2D eigenvalue weighted by Gasteiger charge is 2.22. The minimum absolute atomic E-state index is 0.0464. The molecule has 2 rings (SSSR count). The number of halogens is 1. The van der Waals surface area contributed by atoms with Crippen molar-refractivity contribution in [3.05, 3.63) is 71.0 Å². The van der Waals surface area contributed by atoms with Crippen LogP contribution in [0.4, 0.5) is 4.39 Å². The number of carbonyl (C=O) groups excluding carboxylic acids is 1. The molecule has 1 amide bonds. The van der Waals surface area contributed by atoms with Crippen LogP contribution in [-0.2, 0) is 16.8 Å². The predicted molar refractivity (Wildman–Crippen MR) is 82.5 cm³/mol. The third kappa shape index (κ3) is 4.15. The average molecular weight is 285 g/mol. The zero-order valence-corrected chi connectivity index (χ0v) is 12.6. The molecule has 0 aromatic heterocycles. The van der Waals surface area contributed by atoms with E-state index >= 15 is 0 Å². The summed E-state index contributed by atoms with van der Waals surface area (Å²) >= 11 is 0. The molecule has 2 nitrogen and oxygen atoms in total. The van der Waals surface area contributed by atoms with Crippen LogP contribution >= 0.6 is 0 Å². The van der Waals surface area contributed by atoms with E-state index in [1.165, 1.54) is 12.1 Å². The van der Waals surface area contributed by atoms with E-state index in [1.807, 2.05) is 45.0 Å². The van der Waals surface area contributed by atoms with Gasteiger partial charge in [-0.2, -0.15) is 0 Å². The van der Waals surface area contributed by atoms with E-state index in [-0.39, 0.29) is 11.7 Å². The molecule has 0 radical (unpaired) electrons. The van der Waals surface area contributed by atoms with Gasteiger partial charge >= 0.3 is 0 Å². The van der Waals surface area contributed by atoms with E-state index in [2.05, 4.69) is 5.32 Å². The van der Waals surface area contributed by atoms with Gasteiger partial charge in [0.05, 0.1) is 12.0 Å². The van der Waals surface area contributed by atoms with Gasteiger partial charge in [-0.3, -0.25) is 4.79 Å². The van der Waals surface area contributed by atoms with Gasteiger partial charge in [-0.05, 0) is 44.0 Å². The summed E-state index contributed by atoms with van der Waals surface area (Å²) < 4.78 is 13.0. The molecule has 0 fully saturated rings. The van der Waals surface area contributed by atoms with Crippen LogP contribution in [0.1, 0.15) is 30.5 Å². The van der Waals surface area contributed by atoms with Crippen molar-refractivity contribution < 1.29 is 9.18 Å². The minimum atomic E-state index is -0.533. The Balaban J connectivity index is 2.05. The van der Waals surface area contributed by atoms with Gasteiger partial charge in [-0.15, -0.1) is 0 Å². The molecule has 0 aliphatic rings. The first kappa shape index (κ1) is 15.2. The number of nitrogens with one attached hydrogen (secondary N) is 1. The van der Waals surface area contributed by atoms with Crippen molar-refractivity contribution in [1.82, 2.24) is 5.32 Å². The highest BCUT2D eigenvalue weighted by molar-refractivity contribution is 5.79. The van der Waals surface area contributed by atoms with Gasteiger partial charge in [-0.25, -0.2) is 4.39 Å². The van der Waals surface area contributed by atoms with Crippen molar-refractivity contribution >= 4 is 5.91 Å². The number of amides is 1. The van der Waals surface area contributed by atoms with Crippen LogP contribution in [0.5, 0.6) is 0 Å². The van der Waals surface area contributed by atoms with Crippen molar-refractivity contribution in [1.29, 1.82) is 0 Å². The third-order valence-electron chi connectivity index (χ3n) is 3.46. The summed E-state index contributed by atoms with van der Waals surface area (Å²) in [6.07, 6.45) is 0.340. The number of carbonyl (C=O) groups is 1. The fourth-order valence-corrected chi connectivity index (χ4v) is 2.34. The van der Waals surface area contributed by atoms with E-state index in [1.54, 1.807) is 12.1 Å². The van der Waals surface area contributed by atoms with Gasteiger partial charge in [0.15, 0.2) is 0 Å². The first-order valence-electron chi connectivity index (χ1n) is 6.99. The Morgan fingerprint density at radius 2 is 1.81 bits per heavy atom. The molecule has 0 saturated heterocycles. The van der Waals surface area contributed by atoms with E-state index < -0.39 is 5.54 Å². The highest BCUT2D eigenvalue weighted by atomic mass is 19.1. The maximum Gasteiger partial charge on any atom is 0.225 e. The second kappa shape index (κ2) is 6.08. The zero-order chi connectivity index (χ0) is 15.5. The number of aryl methyl sites for hydroxylation is 1. The number of hydrogen-bond acceptors (Lipinski definition) is 1. The first-order chi connectivity index (χ1) is 9.87. The highest BCUT2D eigenvalue weighted by Crippen LogP contribution is 2.20. The van der Waals surface area contributed by atoms with Crippen LogP contribution < -0.4 is 5.32 Å². The Kier molecular flexibility index (Phi) is 4.41. The van der Waals surface area contributed by atoms with Gasteiger partial charge in [0.25, 0.3) is 0 Å². The molecule has 1 N–H and O–H groups in total. The van der Waals surface area contributed by atoms with Crippen LogP contribution in [-0.4, -0.2) is 5.91 Å². The van der Waals surface area contributed by atoms with Crippen molar-refractivity contribution in [2.75, 3.05) is 0 Å². The van der Waals surface area contributed by atoms with E-state index in [0.717, 1.165) is 16.7 Å². The quantitative estimate of drug-likeness (QED) is 0.911. The van der Waals surface area contributed by atoms with Gasteiger partial charge in [-0.1, -0.05) is 42.0 Å². The zero-order valence-electron chi connectivity index (χ0n) is 12.6. The summed E-state index contributed by atoms with van der Waals surface area (Å²) in [4.78, 5) is 12.2. The Morgan fingerprint density at radius 3 is 2.43 bits per heavy atom. The number of hydrogen-bond donors (Lipinski definition) is 1. The van der Waals surface area contributed by atoms with Crippen LogP contribution in [0.15, 0.2) is 48.5 Å². The van der Waals surface area contributed by atoms with Crippen LogP contribution in [0, 0.1) is 12.7 Å². The molecule has 2 aromatic carbocycles. The Bertz CT molecular complexity index is 632. The summed E-state index contributed by atoms with van der Waals surface area (Å²) in [6, 6.07) is 14.1. The fourth-order valence-electron chi connectivity index (χ4n) is 2.34. The molecule has 21 heavy (non-hydrogen) atoms. The maximum absolute atomic E-state index is 13.0. The van der Waals surface area contributed by atoms with Crippen molar-refractivity contribution in [2.45, 2.75) is 32.7 Å². The van der Waals surface area contributed by atoms with Crippen LogP contribution in [0.3, 0.4) is 0 Å². The largest absolute Gasteiger partial charge is 0.347 e. The standard InChI is InChI=1S/C18H20FNO/c1-13-5-4-6-14(11-13)12-17(21)20-18(2,3)15-7-9-16(19)10-8-15/h4-11H,12H2,1-3H3,(H,20,21). The molecule has 0 aliphatic heterocycles. The molecule has 0 heterocycles. The Morgan fingerprint density at radius 1 is 1.14 bits per heavy atom. The average Bonchev–Trinajstić information content (AvgIpc) is 2.38. The summed E-state index contributed by atoms with van der Waals surface area (Å²) in [5.41, 5.74) is 2.47. The Labute approximate surface area is 125 Å². The van der Waals surface area contributed by atoms with E-state index in [0.29, 0.717) is 6.42 Å². The van der Waals surface area contributed by atoms with Gasteiger partial charge in [0, 0.05) is 0 Å². The lowest BCUT2D eigenvalue weighted by molar-refractivity contribution is -0.122. The minimum Gasteiger partial charge on any atom is -0.347 e. The molecule has 0 atom stereocenters. The van der Waals surface area contributed by atoms with Crippen LogP contribution in [0.25, 0.3) is 0 Å². The topological polar surface area (TPSA) is 29.1 Å². The molecule has 0 saturated carbocycles. The molecule has 0 unspecified atom stereocenters. The molecule has 0 bridgehead atoms. The predicted octanol–water partition coefficient (Wildman–Crippen LogP) is 3.73. The molecule has 2 aromatic rings. The SMILES string of the molecule is Cc1cccc(CC(=O)NC(C)(C)c2ccc(F)cc2)c1. The molecule has 3 heteroatoms. The molecule has 0 spiro atoms. The monoisotopic (exact) mass is 285 g/mol. The second-order valence-corrected chi connectivity index (χ2v) is 5.85.